The maximum atomic E-state index is 11.9. The van der Waals surface area contributed by atoms with Gasteiger partial charge in [-0.25, -0.2) is 9.97 Å². The second kappa shape index (κ2) is 12.0. The molecule has 1 amide bonds. The van der Waals surface area contributed by atoms with Crippen molar-refractivity contribution in [3.05, 3.63) is 18.5 Å². The largest absolute Gasteiger partial charge is 0.355 e. The molecule has 1 saturated heterocycles. The molecule has 0 aliphatic carbocycles. The number of anilines is 1. The summed E-state index contributed by atoms with van der Waals surface area (Å²) in [4.78, 5) is 29.2. The topological polar surface area (TPSA) is 97.8 Å². The Morgan fingerprint density at radius 1 is 1.14 bits per heavy atom. The number of aliphatic imine (C=N–C) groups is 1. The molecule has 0 unspecified atom stereocenters. The van der Waals surface area contributed by atoms with Gasteiger partial charge in [0.2, 0.25) is 11.9 Å². The monoisotopic (exact) mass is 504 g/mol. The lowest BCUT2D eigenvalue weighted by atomic mass is 10.1. The number of nitrogens with one attached hydrogen (secondary N) is 3. The molecule has 158 valence electrons. The van der Waals surface area contributed by atoms with E-state index in [1.165, 1.54) is 0 Å². The molecular weight excluding hydrogens is 471 g/mol. The number of halogens is 1. The molecule has 28 heavy (non-hydrogen) atoms. The summed E-state index contributed by atoms with van der Waals surface area (Å²) in [5.74, 6) is 1.38. The summed E-state index contributed by atoms with van der Waals surface area (Å²) >= 11 is 0. The first kappa shape index (κ1) is 24.3. The van der Waals surface area contributed by atoms with Gasteiger partial charge in [0.05, 0.1) is 6.54 Å². The number of aromatic nitrogens is 2. The van der Waals surface area contributed by atoms with E-state index in [0.717, 1.165) is 45.2 Å². The van der Waals surface area contributed by atoms with Crippen LogP contribution in [0.5, 0.6) is 0 Å². The standard InChI is InChI=1S/C18H32N8O.HI/c1-18(2,3)24-15(27)14-23-16(19-4)20-8-9-25-10-12-26(13-11-25)17-21-6-5-7-22-17;/h5-7H,8-14H2,1-4H3,(H,24,27)(H2,19,20,23);1H. The summed E-state index contributed by atoms with van der Waals surface area (Å²) in [6.45, 7) is 11.5. The predicted molar refractivity (Wildman–Crippen MR) is 123 cm³/mol. The maximum Gasteiger partial charge on any atom is 0.239 e. The molecule has 10 heteroatoms. The van der Waals surface area contributed by atoms with E-state index in [1.54, 1.807) is 19.4 Å². The van der Waals surface area contributed by atoms with E-state index in [9.17, 15) is 4.79 Å². The third kappa shape index (κ3) is 9.00. The number of hydrogen-bond acceptors (Lipinski definition) is 6. The molecule has 0 saturated carbocycles. The minimum Gasteiger partial charge on any atom is -0.355 e. The fraction of sp³-hybridized carbons (Fsp3) is 0.667. The lowest BCUT2D eigenvalue weighted by molar-refractivity contribution is -0.121. The Labute approximate surface area is 184 Å². The van der Waals surface area contributed by atoms with Crippen molar-refractivity contribution >= 4 is 41.8 Å². The van der Waals surface area contributed by atoms with E-state index in [0.29, 0.717) is 5.96 Å². The van der Waals surface area contributed by atoms with Gasteiger partial charge in [-0.1, -0.05) is 0 Å². The second-order valence-electron chi connectivity index (χ2n) is 7.53. The average molecular weight is 504 g/mol. The minimum absolute atomic E-state index is 0. The summed E-state index contributed by atoms with van der Waals surface area (Å²) in [7, 11) is 1.70. The summed E-state index contributed by atoms with van der Waals surface area (Å²) < 4.78 is 0. The zero-order valence-corrected chi connectivity index (χ0v) is 19.6. The molecule has 0 aromatic carbocycles. The Bertz CT molecular complexity index is 612. The Morgan fingerprint density at radius 3 is 2.36 bits per heavy atom. The van der Waals surface area contributed by atoms with Crippen LogP contribution in [0, 0.1) is 0 Å². The smallest absolute Gasteiger partial charge is 0.239 e. The number of rotatable bonds is 6. The highest BCUT2D eigenvalue weighted by Crippen LogP contribution is 2.08. The van der Waals surface area contributed by atoms with Crippen LogP contribution in [0.2, 0.25) is 0 Å². The molecule has 2 heterocycles. The third-order valence-corrected chi connectivity index (χ3v) is 4.08. The van der Waals surface area contributed by atoms with Crippen LogP contribution in [0.1, 0.15) is 20.8 Å². The van der Waals surface area contributed by atoms with Crippen molar-refractivity contribution in [2.45, 2.75) is 26.3 Å². The van der Waals surface area contributed by atoms with Crippen LogP contribution in [0.4, 0.5) is 5.95 Å². The van der Waals surface area contributed by atoms with Gasteiger partial charge < -0.3 is 20.9 Å². The molecule has 2 rings (SSSR count). The van der Waals surface area contributed by atoms with Crippen molar-refractivity contribution in [3.8, 4) is 0 Å². The van der Waals surface area contributed by atoms with Crippen molar-refractivity contribution in [2.24, 2.45) is 4.99 Å². The first-order valence-electron chi connectivity index (χ1n) is 9.37. The number of piperazine rings is 1. The molecule has 1 aliphatic heterocycles. The van der Waals surface area contributed by atoms with Crippen LogP contribution in [0.25, 0.3) is 0 Å². The van der Waals surface area contributed by atoms with Gasteiger partial charge in [-0.3, -0.25) is 14.7 Å². The van der Waals surface area contributed by atoms with Gasteiger partial charge in [0, 0.05) is 64.2 Å². The summed E-state index contributed by atoms with van der Waals surface area (Å²) in [5.41, 5.74) is -0.233. The molecule has 1 aromatic rings. The number of nitrogens with zero attached hydrogens (tertiary/aromatic N) is 5. The minimum atomic E-state index is -0.233. The second-order valence-corrected chi connectivity index (χ2v) is 7.53. The molecule has 1 aromatic heterocycles. The van der Waals surface area contributed by atoms with E-state index < -0.39 is 0 Å². The Kier molecular flexibility index (Phi) is 10.4. The van der Waals surface area contributed by atoms with Crippen LogP contribution in [0.15, 0.2) is 23.5 Å². The Hall–Kier alpha value is -1.69. The number of carbonyl (C=O) groups excluding carboxylic acids is 1. The van der Waals surface area contributed by atoms with Gasteiger partial charge in [0.1, 0.15) is 0 Å². The van der Waals surface area contributed by atoms with Crippen LogP contribution >= 0.6 is 24.0 Å². The van der Waals surface area contributed by atoms with Crippen LogP contribution < -0.4 is 20.9 Å². The van der Waals surface area contributed by atoms with Crippen LogP contribution in [0.3, 0.4) is 0 Å². The molecule has 0 radical (unpaired) electrons. The summed E-state index contributed by atoms with van der Waals surface area (Å²) in [6.07, 6.45) is 3.55. The first-order chi connectivity index (χ1) is 12.9. The first-order valence-corrected chi connectivity index (χ1v) is 9.37. The highest BCUT2D eigenvalue weighted by atomic mass is 127. The normalized spacial score (nSPS) is 15.6. The molecule has 1 fully saturated rings. The van der Waals surface area contributed by atoms with Gasteiger partial charge in [0.15, 0.2) is 5.96 Å². The van der Waals surface area contributed by atoms with E-state index in [4.69, 9.17) is 0 Å². The van der Waals surface area contributed by atoms with Crippen molar-refractivity contribution < 1.29 is 4.79 Å². The van der Waals surface area contributed by atoms with Crippen molar-refractivity contribution in [2.75, 3.05) is 57.8 Å². The Balaban J connectivity index is 0.00000392. The van der Waals surface area contributed by atoms with E-state index >= 15 is 0 Å². The van der Waals surface area contributed by atoms with Gasteiger partial charge in [-0.05, 0) is 26.8 Å². The SMILES string of the molecule is CN=C(NCCN1CCN(c2ncccn2)CC1)NCC(=O)NC(C)(C)C.I. The Morgan fingerprint density at radius 2 is 1.79 bits per heavy atom. The van der Waals surface area contributed by atoms with Crippen LogP contribution in [-0.2, 0) is 4.79 Å². The quantitative estimate of drug-likeness (QED) is 0.291. The summed E-state index contributed by atoms with van der Waals surface area (Å²) in [5, 5.41) is 9.22. The van der Waals surface area contributed by atoms with Crippen molar-refractivity contribution in [1.82, 2.24) is 30.8 Å². The third-order valence-electron chi connectivity index (χ3n) is 4.08. The average Bonchev–Trinajstić information content (AvgIpc) is 2.64. The molecule has 3 N–H and O–H groups in total. The highest BCUT2D eigenvalue weighted by molar-refractivity contribution is 14.0. The maximum absolute atomic E-state index is 11.9. The lowest BCUT2D eigenvalue weighted by Gasteiger charge is -2.34. The van der Waals surface area contributed by atoms with Crippen LogP contribution in [-0.4, -0.2) is 85.1 Å². The van der Waals surface area contributed by atoms with Gasteiger partial charge in [0.25, 0.3) is 0 Å². The highest BCUT2D eigenvalue weighted by Gasteiger charge is 2.18. The molecule has 1 aliphatic rings. The zero-order chi connectivity index (χ0) is 19.7. The van der Waals surface area contributed by atoms with Crippen molar-refractivity contribution in [3.63, 3.8) is 0 Å². The fourth-order valence-electron chi connectivity index (χ4n) is 2.81. The molecule has 0 bridgehead atoms. The van der Waals surface area contributed by atoms with Crippen molar-refractivity contribution in [1.29, 1.82) is 0 Å². The molecule has 9 nitrogen and oxygen atoms in total. The molecule has 0 atom stereocenters. The molecule has 0 spiro atoms. The van der Waals surface area contributed by atoms with Gasteiger partial charge in [-0.15, -0.1) is 24.0 Å². The molecular formula is C18H33IN8O. The zero-order valence-electron chi connectivity index (χ0n) is 17.2. The van der Waals surface area contributed by atoms with E-state index in [2.05, 4.69) is 40.7 Å². The van der Waals surface area contributed by atoms with Gasteiger partial charge in [-0.2, -0.15) is 0 Å². The fourth-order valence-corrected chi connectivity index (χ4v) is 2.81. The van der Waals surface area contributed by atoms with E-state index in [1.807, 2.05) is 26.8 Å². The number of carbonyl (C=O) groups is 1. The number of hydrogen-bond donors (Lipinski definition) is 3. The van der Waals surface area contributed by atoms with Gasteiger partial charge >= 0.3 is 0 Å². The number of guanidine groups is 1. The number of amides is 1. The summed E-state index contributed by atoms with van der Waals surface area (Å²) in [6, 6.07) is 1.83. The van der Waals surface area contributed by atoms with E-state index in [-0.39, 0.29) is 42.0 Å². The predicted octanol–water partition coefficient (Wildman–Crippen LogP) is 0.296. The lowest BCUT2D eigenvalue weighted by Crippen LogP contribution is -2.51.